The van der Waals surface area contributed by atoms with Crippen LogP contribution in [0.2, 0.25) is 0 Å². The minimum absolute atomic E-state index is 0.114. The number of halogens is 1. The minimum atomic E-state index is -0.714. The fourth-order valence-corrected chi connectivity index (χ4v) is 2.52. The Hall–Kier alpha value is -1.61. The Morgan fingerprint density at radius 3 is 2.68 bits per heavy atom. The van der Waals surface area contributed by atoms with E-state index in [4.69, 9.17) is 0 Å². The van der Waals surface area contributed by atoms with E-state index in [9.17, 15) is 14.9 Å². The Morgan fingerprint density at radius 2 is 2.16 bits per heavy atom. The molecule has 0 aliphatic carbocycles. The molecule has 0 aromatic carbocycles. The zero-order chi connectivity index (χ0) is 14.2. The third kappa shape index (κ3) is 2.71. The second-order valence-electron chi connectivity index (χ2n) is 4.07. The van der Waals surface area contributed by atoms with Gasteiger partial charge < -0.3 is 0 Å². The third-order valence-corrected chi connectivity index (χ3v) is 3.64. The second-order valence-corrected chi connectivity index (χ2v) is 5.66. The quantitative estimate of drug-likeness (QED) is 0.630. The van der Waals surface area contributed by atoms with Crippen molar-refractivity contribution in [1.29, 1.82) is 0 Å². The molecule has 100 valence electrons. The van der Waals surface area contributed by atoms with Gasteiger partial charge in [-0.05, 0) is 15.9 Å². The lowest BCUT2D eigenvalue weighted by molar-refractivity contribution is -0.386. The highest BCUT2D eigenvalue weighted by Crippen LogP contribution is 2.19. The summed E-state index contributed by atoms with van der Waals surface area (Å²) in [5.41, 5.74) is -1.16. The molecule has 0 bridgehead atoms. The number of pyridine rings is 1. The fraction of sp³-hybridized carbons (Fsp3) is 0.300. The Labute approximate surface area is 120 Å². The first-order valence-electron chi connectivity index (χ1n) is 5.30. The van der Waals surface area contributed by atoms with E-state index < -0.39 is 16.0 Å². The van der Waals surface area contributed by atoms with E-state index in [0.717, 1.165) is 17.7 Å². The molecule has 9 heteroatoms. The van der Waals surface area contributed by atoms with Crippen LogP contribution in [0.3, 0.4) is 0 Å². The summed E-state index contributed by atoms with van der Waals surface area (Å²) >= 11 is 4.14. The number of nitro groups is 1. The molecular formula is C10H9BrN4O3S. The number of hydrogen-bond acceptors (Lipinski definition) is 6. The number of nitrogens with zero attached hydrogens (tertiary/aromatic N) is 4. The molecule has 0 spiro atoms. The summed E-state index contributed by atoms with van der Waals surface area (Å²) in [6.07, 6.45) is 2.59. The SMILES string of the molecule is CC(C)c1nsc(-n2cc(Br)c(=O)c([N+](=O)[O-])c2)n1. The molecule has 2 heterocycles. The number of aromatic nitrogens is 3. The molecule has 0 aliphatic rings. The van der Waals surface area contributed by atoms with Crippen molar-refractivity contribution in [2.45, 2.75) is 19.8 Å². The summed E-state index contributed by atoms with van der Waals surface area (Å²) in [7, 11) is 0. The largest absolute Gasteiger partial charge is 0.333 e. The van der Waals surface area contributed by atoms with E-state index >= 15 is 0 Å². The number of hydrogen-bond donors (Lipinski definition) is 0. The van der Waals surface area contributed by atoms with Crippen molar-refractivity contribution in [1.82, 2.24) is 13.9 Å². The Bertz CT molecular complexity index is 694. The van der Waals surface area contributed by atoms with Crippen LogP contribution in [0.5, 0.6) is 0 Å². The van der Waals surface area contributed by atoms with Gasteiger partial charge in [0.15, 0.2) is 0 Å². The van der Waals surface area contributed by atoms with Gasteiger partial charge in [0.25, 0.3) is 5.43 Å². The maximum atomic E-state index is 11.6. The van der Waals surface area contributed by atoms with Gasteiger partial charge in [-0.3, -0.25) is 19.5 Å². The highest BCUT2D eigenvalue weighted by molar-refractivity contribution is 9.10. The Balaban J connectivity index is 2.56. The molecule has 0 unspecified atom stereocenters. The molecular weight excluding hydrogens is 336 g/mol. The van der Waals surface area contributed by atoms with Gasteiger partial charge in [0.05, 0.1) is 15.6 Å². The summed E-state index contributed by atoms with van der Waals surface area (Å²) in [6.45, 7) is 3.91. The molecule has 0 radical (unpaired) electrons. The average Bonchev–Trinajstić information content (AvgIpc) is 2.81. The van der Waals surface area contributed by atoms with E-state index in [-0.39, 0.29) is 10.4 Å². The van der Waals surface area contributed by atoms with E-state index in [0.29, 0.717) is 11.0 Å². The summed E-state index contributed by atoms with van der Waals surface area (Å²) in [6, 6.07) is 0. The Kier molecular flexibility index (Phi) is 3.76. The Morgan fingerprint density at radius 1 is 1.47 bits per heavy atom. The van der Waals surface area contributed by atoms with Gasteiger partial charge >= 0.3 is 5.69 Å². The van der Waals surface area contributed by atoms with Gasteiger partial charge in [0.2, 0.25) is 5.13 Å². The molecule has 19 heavy (non-hydrogen) atoms. The van der Waals surface area contributed by atoms with Crippen LogP contribution < -0.4 is 5.43 Å². The molecule has 0 amide bonds. The monoisotopic (exact) mass is 344 g/mol. The molecule has 0 aliphatic heterocycles. The summed E-state index contributed by atoms with van der Waals surface area (Å²) in [5.74, 6) is 0.834. The van der Waals surface area contributed by atoms with Crippen LogP contribution >= 0.6 is 27.5 Å². The van der Waals surface area contributed by atoms with Gasteiger partial charge in [-0.2, -0.15) is 4.37 Å². The molecule has 2 aromatic heterocycles. The van der Waals surface area contributed by atoms with Crippen LogP contribution in [0.15, 0.2) is 21.7 Å². The molecule has 0 saturated carbocycles. The van der Waals surface area contributed by atoms with Gasteiger partial charge in [0.1, 0.15) is 5.82 Å². The summed E-state index contributed by atoms with van der Waals surface area (Å²) in [4.78, 5) is 25.9. The predicted molar refractivity (Wildman–Crippen MR) is 73.9 cm³/mol. The van der Waals surface area contributed by atoms with Crippen molar-refractivity contribution in [3.8, 4) is 5.13 Å². The maximum absolute atomic E-state index is 11.6. The topological polar surface area (TPSA) is 90.9 Å². The average molecular weight is 345 g/mol. The molecule has 0 saturated heterocycles. The predicted octanol–water partition coefficient (Wildman–Crippen LogP) is 2.48. The van der Waals surface area contributed by atoms with Gasteiger partial charge in [-0.15, -0.1) is 0 Å². The van der Waals surface area contributed by atoms with Gasteiger partial charge in [-0.1, -0.05) is 13.8 Å². The van der Waals surface area contributed by atoms with Crippen LogP contribution in [0, 0.1) is 10.1 Å². The summed E-state index contributed by atoms with van der Waals surface area (Å²) in [5, 5.41) is 11.3. The van der Waals surface area contributed by atoms with Gasteiger partial charge in [-0.25, -0.2) is 4.98 Å². The highest BCUT2D eigenvalue weighted by Gasteiger charge is 2.18. The van der Waals surface area contributed by atoms with Crippen LogP contribution in [-0.2, 0) is 0 Å². The second kappa shape index (κ2) is 5.17. The van der Waals surface area contributed by atoms with Crippen molar-refractivity contribution in [2.24, 2.45) is 0 Å². The van der Waals surface area contributed by atoms with Crippen LogP contribution in [0.25, 0.3) is 5.13 Å². The van der Waals surface area contributed by atoms with E-state index in [1.807, 2.05) is 13.8 Å². The smallest absolute Gasteiger partial charge is 0.290 e. The maximum Gasteiger partial charge on any atom is 0.333 e. The lowest BCUT2D eigenvalue weighted by atomic mass is 10.2. The molecule has 2 aromatic rings. The van der Waals surface area contributed by atoms with E-state index in [1.165, 1.54) is 10.8 Å². The van der Waals surface area contributed by atoms with Crippen molar-refractivity contribution >= 4 is 33.1 Å². The first-order chi connectivity index (χ1) is 8.90. The number of rotatable bonds is 3. The lowest BCUT2D eigenvalue weighted by Crippen LogP contribution is -2.12. The fourth-order valence-electron chi connectivity index (χ4n) is 1.34. The molecule has 2 rings (SSSR count). The van der Waals surface area contributed by atoms with E-state index in [1.54, 1.807) is 0 Å². The van der Waals surface area contributed by atoms with Crippen LogP contribution in [-0.4, -0.2) is 18.8 Å². The van der Waals surface area contributed by atoms with Crippen LogP contribution in [0.1, 0.15) is 25.6 Å². The van der Waals surface area contributed by atoms with Crippen molar-refractivity contribution in [2.75, 3.05) is 0 Å². The summed E-state index contributed by atoms with van der Waals surface area (Å²) < 4.78 is 5.70. The van der Waals surface area contributed by atoms with Crippen molar-refractivity contribution in [3.63, 3.8) is 0 Å². The van der Waals surface area contributed by atoms with Crippen molar-refractivity contribution in [3.05, 3.63) is 43.0 Å². The first-order valence-corrected chi connectivity index (χ1v) is 6.87. The standard InChI is InChI=1S/C10H9BrN4O3S/c1-5(2)9-12-10(19-13-9)14-3-6(11)8(16)7(4-14)15(17)18/h3-5H,1-2H3. The molecule has 7 nitrogen and oxygen atoms in total. The van der Waals surface area contributed by atoms with Gasteiger partial charge in [0, 0.05) is 23.6 Å². The van der Waals surface area contributed by atoms with E-state index in [2.05, 4.69) is 25.3 Å². The third-order valence-electron chi connectivity index (χ3n) is 2.33. The lowest BCUT2D eigenvalue weighted by Gasteiger charge is -2.02. The zero-order valence-corrected chi connectivity index (χ0v) is 12.4. The first kappa shape index (κ1) is 13.8. The molecule has 0 N–H and O–H groups in total. The molecule has 0 fully saturated rings. The van der Waals surface area contributed by atoms with Crippen molar-refractivity contribution < 1.29 is 4.92 Å². The zero-order valence-electron chi connectivity index (χ0n) is 10.0. The minimum Gasteiger partial charge on any atom is -0.290 e. The normalized spacial score (nSPS) is 10.9. The van der Waals surface area contributed by atoms with Crippen LogP contribution in [0.4, 0.5) is 5.69 Å². The highest BCUT2D eigenvalue weighted by atomic mass is 79.9. The molecule has 0 atom stereocenters.